The Labute approximate surface area is 192 Å². The number of aromatic nitrogens is 4. The number of fused-ring (bicyclic) bond motifs is 1. The Morgan fingerprint density at radius 2 is 2.03 bits per heavy atom. The van der Waals surface area contributed by atoms with Gasteiger partial charge in [-0.1, -0.05) is 6.08 Å². The van der Waals surface area contributed by atoms with E-state index in [-0.39, 0.29) is 11.4 Å². The summed E-state index contributed by atoms with van der Waals surface area (Å²) in [4.78, 5) is 32.1. The molecule has 2 amide bonds. The van der Waals surface area contributed by atoms with Crippen molar-refractivity contribution in [1.29, 1.82) is 0 Å². The first-order valence-corrected chi connectivity index (χ1v) is 10.6. The van der Waals surface area contributed by atoms with Gasteiger partial charge in [-0.2, -0.15) is 5.10 Å². The number of nitrogens with one attached hydrogen (secondary N) is 1. The Bertz CT molecular complexity index is 1220. The van der Waals surface area contributed by atoms with E-state index >= 15 is 0 Å². The van der Waals surface area contributed by atoms with Gasteiger partial charge < -0.3 is 15.8 Å². The number of carbonyl (C=O) groups is 2. The minimum Gasteiger partial charge on any atom is -0.439 e. The fourth-order valence-corrected chi connectivity index (χ4v) is 2.96. The number of allylic oxidation sites excluding steroid dienone is 3. The number of amides is 2. The number of hydrogen-bond donors (Lipinski definition) is 2. The lowest BCUT2D eigenvalue weighted by atomic mass is 10.1. The first-order valence-electron chi connectivity index (χ1n) is 10.6. The third kappa shape index (κ3) is 6.25. The molecule has 2 aromatic heterocycles. The molecule has 0 aliphatic carbocycles. The van der Waals surface area contributed by atoms with Crippen LogP contribution in [0.4, 0.5) is 5.69 Å². The molecule has 33 heavy (non-hydrogen) atoms. The van der Waals surface area contributed by atoms with Crippen LogP contribution in [-0.2, 0) is 10.3 Å². The molecule has 9 nitrogen and oxygen atoms in total. The number of primary amides is 1. The average Bonchev–Trinajstić information content (AvgIpc) is 3.24. The predicted molar refractivity (Wildman–Crippen MR) is 127 cm³/mol. The zero-order valence-corrected chi connectivity index (χ0v) is 19.2. The third-order valence-electron chi connectivity index (χ3n) is 4.76. The van der Waals surface area contributed by atoms with E-state index in [1.54, 1.807) is 41.2 Å². The van der Waals surface area contributed by atoms with Gasteiger partial charge in [0.1, 0.15) is 12.1 Å². The molecule has 3 N–H and O–H groups in total. The van der Waals surface area contributed by atoms with Gasteiger partial charge in [-0.25, -0.2) is 9.97 Å². The van der Waals surface area contributed by atoms with Gasteiger partial charge in [0.25, 0.3) is 0 Å². The van der Waals surface area contributed by atoms with Gasteiger partial charge in [0, 0.05) is 18.2 Å². The molecular weight excluding hydrogens is 420 g/mol. The summed E-state index contributed by atoms with van der Waals surface area (Å²) in [6.07, 6.45) is 11.1. The maximum absolute atomic E-state index is 12.2. The van der Waals surface area contributed by atoms with Crippen molar-refractivity contribution in [2.75, 3.05) is 5.32 Å². The van der Waals surface area contributed by atoms with Gasteiger partial charge in [0.05, 0.1) is 28.3 Å². The Hall–Kier alpha value is -4.01. The number of ether oxygens (including phenoxy) is 1. The van der Waals surface area contributed by atoms with Gasteiger partial charge in [0.2, 0.25) is 17.7 Å². The number of nitrogens with zero attached hydrogens (tertiary/aromatic N) is 4. The largest absolute Gasteiger partial charge is 0.439 e. The summed E-state index contributed by atoms with van der Waals surface area (Å²) in [7, 11) is 0. The van der Waals surface area contributed by atoms with Crippen LogP contribution in [0, 0.1) is 0 Å². The second-order valence-electron chi connectivity index (χ2n) is 8.40. The summed E-state index contributed by atoms with van der Waals surface area (Å²) in [5.41, 5.74) is 6.88. The van der Waals surface area contributed by atoms with E-state index in [2.05, 4.69) is 20.4 Å². The number of nitrogens with two attached hydrogens (primary N) is 1. The molecule has 0 aliphatic rings. The lowest BCUT2D eigenvalue weighted by Gasteiger charge is -2.18. The number of benzene rings is 1. The van der Waals surface area contributed by atoms with E-state index in [9.17, 15) is 9.59 Å². The fourth-order valence-electron chi connectivity index (χ4n) is 2.96. The van der Waals surface area contributed by atoms with Crippen LogP contribution in [0.2, 0.25) is 0 Å². The van der Waals surface area contributed by atoms with E-state index in [1.165, 1.54) is 6.33 Å². The maximum Gasteiger partial charge on any atom is 0.248 e. The summed E-state index contributed by atoms with van der Waals surface area (Å²) in [5.74, 6) is 0.222. The van der Waals surface area contributed by atoms with Gasteiger partial charge in [-0.15, -0.1) is 0 Å². The van der Waals surface area contributed by atoms with Crippen LogP contribution in [0.15, 0.2) is 60.9 Å². The maximum atomic E-state index is 12.2. The molecule has 172 valence electrons. The first-order chi connectivity index (χ1) is 15.7. The third-order valence-corrected chi connectivity index (χ3v) is 4.76. The fraction of sp³-hybridized carbons (Fsp3) is 0.292. The molecule has 0 fully saturated rings. The van der Waals surface area contributed by atoms with Crippen molar-refractivity contribution in [2.24, 2.45) is 5.73 Å². The van der Waals surface area contributed by atoms with Gasteiger partial charge in [0.15, 0.2) is 0 Å². The van der Waals surface area contributed by atoms with Crippen molar-refractivity contribution in [3.8, 4) is 5.88 Å². The monoisotopic (exact) mass is 448 g/mol. The molecule has 0 saturated carbocycles. The van der Waals surface area contributed by atoms with Crippen molar-refractivity contribution < 1.29 is 14.3 Å². The Kier molecular flexibility index (Phi) is 7.22. The van der Waals surface area contributed by atoms with Crippen molar-refractivity contribution in [2.45, 2.75) is 46.1 Å². The van der Waals surface area contributed by atoms with E-state index < -0.39 is 5.91 Å². The zero-order valence-electron chi connectivity index (χ0n) is 19.2. The van der Waals surface area contributed by atoms with Gasteiger partial charge in [-0.3, -0.25) is 14.3 Å². The highest BCUT2D eigenvalue weighted by molar-refractivity contribution is 5.97. The molecule has 0 spiro atoms. The van der Waals surface area contributed by atoms with Crippen molar-refractivity contribution in [3.63, 3.8) is 0 Å². The molecule has 9 heteroatoms. The summed E-state index contributed by atoms with van der Waals surface area (Å²) < 4.78 is 7.72. The second kappa shape index (κ2) is 10.1. The van der Waals surface area contributed by atoms with Crippen LogP contribution < -0.4 is 15.8 Å². The molecule has 3 aromatic rings. The van der Waals surface area contributed by atoms with E-state index in [4.69, 9.17) is 10.5 Å². The number of rotatable bonds is 8. The highest BCUT2D eigenvalue weighted by atomic mass is 16.5. The number of carbonyl (C=O) groups excluding carboxylic acids is 2. The molecule has 0 radical (unpaired) electrons. The first kappa shape index (κ1) is 23.6. The Balaban J connectivity index is 1.59. The summed E-state index contributed by atoms with van der Waals surface area (Å²) in [6, 6.07) is 4.91. The van der Waals surface area contributed by atoms with E-state index in [1.807, 2.05) is 40.0 Å². The lowest BCUT2D eigenvalue weighted by molar-refractivity contribution is -0.116. The molecule has 0 aliphatic heterocycles. The summed E-state index contributed by atoms with van der Waals surface area (Å²) in [6.45, 7) is 7.95. The second-order valence-corrected chi connectivity index (χ2v) is 8.40. The minimum atomic E-state index is -0.540. The topological polar surface area (TPSA) is 125 Å². The zero-order chi connectivity index (χ0) is 24.0. The molecule has 0 saturated heterocycles. The van der Waals surface area contributed by atoms with Crippen LogP contribution in [0.5, 0.6) is 5.88 Å². The highest BCUT2D eigenvalue weighted by Gasteiger charge is 2.14. The van der Waals surface area contributed by atoms with Crippen LogP contribution >= 0.6 is 0 Å². The van der Waals surface area contributed by atoms with Crippen LogP contribution in [0.3, 0.4) is 0 Å². The summed E-state index contributed by atoms with van der Waals surface area (Å²) >= 11 is 0. The van der Waals surface area contributed by atoms with Crippen molar-refractivity contribution in [1.82, 2.24) is 19.7 Å². The summed E-state index contributed by atoms with van der Waals surface area (Å²) in [5, 5.41) is 7.71. The van der Waals surface area contributed by atoms with Crippen molar-refractivity contribution in [3.05, 3.63) is 66.5 Å². The van der Waals surface area contributed by atoms with Gasteiger partial charge >= 0.3 is 0 Å². The molecular formula is C24H28N6O3. The minimum absolute atomic E-state index is 0.100. The van der Waals surface area contributed by atoms with Crippen molar-refractivity contribution >= 4 is 28.4 Å². The molecule has 2 heterocycles. The normalized spacial score (nSPS) is 12.3. The lowest BCUT2D eigenvalue weighted by Crippen LogP contribution is -2.22. The molecule has 0 atom stereocenters. The van der Waals surface area contributed by atoms with E-state index in [0.717, 1.165) is 0 Å². The SMILES string of the molecule is C/C=C(\C=C/CCC(=O)Nc1cnn(C(C)(C)C)c1)Oc1ncnc2ccc(C(N)=O)cc12. The predicted octanol–water partition coefficient (Wildman–Crippen LogP) is 3.94. The highest BCUT2D eigenvalue weighted by Crippen LogP contribution is 2.24. The quantitative estimate of drug-likeness (QED) is 0.397. The standard InChI is InChI=1S/C24H28N6O3/c1-5-18(33-23-19-12-16(22(25)32)10-11-20(19)26-15-27-23)8-6-7-9-21(31)29-17-13-28-30(14-17)24(2,3)4/h5-6,8,10-15H,7,9H2,1-4H3,(H2,25,32)(H,29,31)/b8-6-,18-5+. The molecule has 3 rings (SSSR count). The number of hydrogen-bond acceptors (Lipinski definition) is 6. The van der Waals surface area contributed by atoms with Crippen LogP contribution in [0.1, 0.15) is 50.9 Å². The van der Waals surface area contributed by atoms with Crippen LogP contribution in [-0.4, -0.2) is 31.6 Å². The molecule has 0 bridgehead atoms. The Morgan fingerprint density at radius 1 is 1.24 bits per heavy atom. The van der Waals surface area contributed by atoms with Crippen LogP contribution in [0.25, 0.3) is 10.9 Å². The van der Waals surface area contributed by atoms with Gasteiger partial charge in [-0.05, 0) is 64.5 Å². The molecule has 1 aromatic carbocycles. The van der Waals surface area contributed by atoms with E-state index in [0.29, 0.717) is 46.6 Å². The average molecular weight is 449 g/mol. The molecule has 0 unspecified atom stereocenters. The smallest absolute Gasteiger partial charge is 0.248 e. The Morgan fingerprint density at radius 3 is 2.70 bits per heavy atom. The number of anilines is 1.